The van der Waals surface area contributed by atoms with Crippen molar-refractivity contribution in [2.45, 2.75) is 6.92 Å². The lowest BCUT2D eigenvalue weighted by molar-refractivity contribution is 0.432. The number of nitrogens with zero attached hydrogens (tertiary/aromatic N) is 2. The van der Waals surface area contributed by atoms with Gasteiger partial charge in [-0.05, 0) is 61.7 Å². The van der Waals surface area contributed by atoms with Gasteiger partial charge < -0.3 is 20.9 Å². The number of nitrogens with one attached hydrogen (secondary N) is 1. The summed E-state index contributed by atoms with van der Waals surface area (Å²) in [4.78, 5) is 8.28. The van der Waals surface area contributed by atoms with Gasteiger partial charge in [-0.3, -0.25) is 4.98 Å². The first-order valence-electron chi connectivity index (χ1n) is 9.70. The Bertz CT molecular complexity index is 1100. The number of ether oxygens (including phenoxy) is 1. The zero-order valence-electron chi connectivity index (χ0n) is 17.6. The van der Waals surface area contributed by atoms with E-state index in [0.29, 0.717) is 23.0 Å². The van der Waals surface area contributed by atoms with Crippen LogP contribution in [0.3, 0.4) is 0 Å². The zero-order valence-corrected chi connectivity index (χ0v) is 17.6. The minimum atomic E-state index is -0.551. The van der Waals surface area contributed by atoms with Gasteiger partial charge in [0.15, 0.2) is 11.6 Å². The van der Waals surface area contributed by atoms with Crippen molar-refractivity contribution in [2.24, 2.45) is 10.7 Å². The van der Waals surface area contributed by atoms with Crippen LogP contribution < -0.4 is 15.8 Å². The van der Waals surface area contributed by atoms with Gasteiger partial charge in [-0.2, -0.15) is 0 Å². The monoisotopic (exact) mass is 432 g/mol. The SMILES string of the molecule is C=CN=C(\C=C/C=C\C=C\N)Nc1ccc(Oc2ccnc(/C=C\C(O)=C/C)c2)c(F)c1. The number of pyridine rings is 1. The fourth-order valence-electron chi connectivity index (χ4n) is 2.34. The van der Waals surface area contributed by atoms with E-state index < -0.39 is 5.82 Å². The van der Waals surface area contributed by atoms with Crippen molar-refractivity contribution >= 4 is 17.6 Å². The van der Waals surface area contributed by atoms with E-state index in [1.54, 1.807) is 67.7 Å². The number of aliphatic hydroxyl groups excluding tert-OH is 1. The number of rotatable bonds is 9. The highest BCUT2D eigenvalue weighted by molar-refractivity contribution is 6.04. The van der Waals surface area contributed by atoms with Crippen LogP contribution in [0.25, 0.3) is 6.08 Å². The summed E-state index contributed by atoms with van der Waals surface area (Å²) in [5.74, 6) is 0.510. The van der Waals surface area contributed by atoms with Crippen molar-refractivity contribution in [3.05, 3.63) is 115 Å². The first-order chi connectivity index (χ1) is 15.5. The molecule has 0 saturated carbocycles. The van der Waals surface area contributed by atoms with E-state index in [1.165, 1.54) is 36.8 Å². The van der Waals surface area contributed by atoms with Gasteiger partial charge >= 0.3 is 0 Å². The highest BCUT2D eigenvalue weighted by Gasteiger charge is 2.08. The third-order valence-corrected chi connectivity index (χ3v) is 3.83. The van der Waals surface area contributed by atoms with Gasteiger partial charge in [-0.15, -0.1) is 0 Å². The summed E-state index contributed by atoms with van der Waals surface area (Å²) in [7, 11) is 0. The Morgan fingerprint density at radius 1 is 1.19 bits per heavy atom. The third-order valence-electron chi connectivity index (χ3n) is 3.83. The molecule has 0 aliphatic heterocycles. The molecule has 7 heteroatoms. The largest absolute Gasteiger partial charge is 0.508 e. The summed E-state index contributed by atoms with van der Waals surface area (Å²) < 4.78 is 20.3. The van der Waals surface area contributed by atoms with Crippen LogP contribution in [0, 0.1) is 5.82 Å². The lowest BCUT2D eigenvalue weighted by atomic mass is 10.2. The lowest BCUT2D eigenvalue weighted by Gasteiger charge is -2.10. The number of hydrogen-bond donors (Lipinski definition) is 3. The van der Waals surface area contributed by atoms with Crippen LogP contribution in [0.15, 0.2) is 109 Å². The number of amidine groups is 1. The molecule has 0 amide bonds. The first kappa shape index (κ1) is 23.9. The predicted octanol–water partition coefficient (Wildman–Crippen LogP) is 6.03. The summed E-state index contributed by atoms with van der Waals surface area (Å²) >= 11 is 0. The van der Waals surface area contributed by atoms with Crippen molar-refractivity contribution in [3.63, 3.8) is 0 Å². The predicted molar refractivity (Wildman–Crippen MR) is 129 cm³/mol. The van der Waals surface area contributed by atoms with Crippen molar-refractivity contribution in [1.82, 2.24) is 4.98 Å². The molecule has 1 aromatic carbocycles. The Balaban J connectivity index is 2.12. The number of aromatic nitrogens is 1. The molecule has 0 atom stereocenters. The number of halogens is 1. The molecule has 6 nitrogen and oxygen atoms in total. The second-order valence-electron chi connectivity index (χ2n) is 6.16. The molecule has 0 radical (unpaired) electrons. The standard InChI is InChI=1S/C25H25FN4O2/c1-3-21(31)12-10-19-17-22(14-16-29-19)32-24-13-11-20(18-23(24)26)30-25(28-4-2)9-7-5-6-8-15-27/h3-18,31H,2,27H2,1H3,(H,28,30)/b6-5-,9-7-,12-10-,15-8+,21-3+. The van der Waals surface area contributed by atoms with E-state index in [9.17, 15) is 9.50 Å². The Morgan fingerprint density at radius 3 is 2.72 bits per heavy atom. The molecule has 4 N–H and O–H groups in total. The number of anilines is 1. The van der Waals surface area contributed by atoms with E-state index in [0.717, 1.165) is 0 Å². The van der Waals surface area contributed by atoms with Crippen LogP contribution >= 0.6 is 0 Å². The van der Waals surface area contributed by atoms with Crippen LogP contribution in [0.5, 0.6) is 11.5 Å². The molecule has 164 valence electrons. The van der Waals surface area contributed by atoms with Crippen LogP contribution in [0.2, 0.25) is 0 Å². The normalized spacial score (nSPS) is 12.9. The highest BCUT2D eigenvalue weighted by Crippen LogP contribution is 2.27. The number of aliphatic hydroxyl groups is 1. The van der Waals surface area contributed by atoms with Crippen LogP contribution in [0.1, 0.15) is 12.6 Å². The van der Waals surface area contributed by atoms with E-state index >= 15 is 0 Å². The van der Waals surface area contributed by atoms with Crippen molar-refractivity contribution in [2.75, 3.05) is 5.32 Å². The molecule has 0 aliphatic rings. The average molecular weight is 432 g/mol. The Labute approximate surface area is 187 Å². The van der Waals surface area contributed by atoms with Crippen molar-refractivity contribution in [3.8, 4) is 11.5 Å². The Kier molecular flexibility index (Phi) is 9.72. The topological polar surface area (TPSA) is 92.8 Å². The number of hydrogen-bond acceptors (Lipinski definition) is 5. The van der Waals surface area contributed by atoms with Gasteiger partial charge in [0.25, 0.3) is 0 Å². The molecule has 0 saturated heterocycles. The summed E-state index contributed by atoms with van der Waals surface area (Å²) in [5, 5.41) is 12.5. The summed E-state index contributed by atoms with van der Waals surface area (Å²) in [6, 6.07) is 7.74. The Hall–Kier alpha value is -4.39. The summed E-state index contributed by atoms with van der Waals surface area (Å²) in [6.07, 6.45) is 17.7. The van der Waals surface area contributed by atoms with Gasteiger partial charge in [0.2, 0.25) is 0 Å². The second kappa shape index (κ2) is 13.0. The van der Waals surface area contributed by atoms with Gasteiger partial charge in [0.05, 0.1) is 5.69 Å². The average Bonchev–Trinajstić information content (AvgIpc) is 2.79. The van der Waals surface area contributed by atoms with Crippen molar-refractivity contribution < 1.29 is 14.2 Å². The van der Waals surface area contributed by atoms with E-state index in [-0.39, 0.29) is 11.5 Å². The molecule has 0 spiro atoms. The van der Waals surface area contributed by atoms with E-state index in [1.807, 2.05) is 0 Å². The summed E-state index contributed by atoms with van der Waals surface area (Å²) in [5.41, 5.74) is 6.31. The molecule has 32 heavy (non-hydrogen) atoms. The summed E-state index contributed by atoms with van der Waals surface area (Å²) in [6.45, 7) is 5.30. The minimum Gasteiger partial charge on any atom is -0.508 e. The van der Waals surface area contributed by atoms with Crippen LogP contribution in [-0.4, -0.2) is 15.9 Å². The van der Waals surface area contributed by atoms with Gasteiger partial charge in [-0.25, -0.2) is 9.38 Å². The number of benzene rings is 1. The fraction of sp³-hybridized carbons (Fsp3) is 0.0400. The number of aliphatic imine (C=N–C) groups is 1. The minimum absolute atomic E-state index is 0.0576. The van der Waals surface area contributed by atoms with E-state index in [2.05, 4.69) is 21.9 Å². The highest BCUT2D eigenvalue weighted by atomic mass is 19.1. The van der Waals surface area contributed by atoms with E-state index in [4.69, 9.17) is 10.5 Å². The molecule has 0 unspecified atom stereocenters. The van der Waals surface area contributed by atoms with Crippen LogP contribution in [-0.2, 0) is 0 Å². The molecular formula is C25H25FN4O2. The molecular weight excluding hydrogens is 407 g/mol. The second-order valence-corrected chi connectivity index (χ2v) is 6.16. The molecule has 0 fully saturated rings. The first-order valence-corrected chi connectivity index (χ1v) is 9.70. The fourth-order valence-corrected chi connectivity index (χ4v) is 2.34. The van der Waals surface area contributed by atoms with Gasteiger partial charge in [0.1, 0.15) is 17.3 Å². The molecule has 1 heterocycles. The number of nitrogens with two attached hydrogens (primary N) is 1. The molecule has 1 aromatic heterocycles. The maximum absolute atomic E-state index is 14.6. The molecule has 0 bridgehead atoms. The zero-order chi connectivity index (χ0) is 23.2. The maximum Gasteiger partial charge on any atom is 0.167 e. The van der Waals surface area contributed by atoms with Gasteiger partial charge in [-0.1, -0.05) is 24.8 Å². The van der Waals surface area contributed by atoms with Crippen LogP contribution in [0.4, 0.5) is 10.1 Å². The molecule has 2 aromatic rings. The smallest absolute Gasteiger partial charge is 0.167 e. The third kappa shape index (κ3) is 8.16. The van der Waals surface area contributed by atoms with Gasteiger partial charge in [0, 0.05) is 30.2 Å². The molecule has 0 aliphatic carbocycles. The Morgan fingerprint density at radius 2 is 2.00 bits per heavy atom. The maximum atomic E-state index is 14.6. The lowest BCUT2D eigenvalue weighted by Crippen LogP contribution is -2.08. The number of allylic oxidation sites excluding steroid dienone is 6. The quantitative estimate of drug-likeness (QED) is 0.195. The van der Waals surface area contributed by atoms with Crippen molar-refractivity contribution in [1.29, 1.82) is 0 Å². The molecule has 2 rings (SSSR count).